The Hall–Kier alpha value is -1.83. The second kappa shape index (κ2) is 6.08. The Morgan fingerprint density at radius 1 is 1.40 bits per heavy atom. The third-order valence-corrected chi connectivity index (χ3v) is 3.62. The van der Waals surface area contributed by atoms with Gasteiger partial charge in [0.05, 0.1) is 13.2 Å². The van der Waals surface area contributed by atoms with Crippen LogP contribution < -0.4 is 5.32 Å². The van der Waals surface area contributed by atoms with Gasteiger partial charge in [0.15, 0.2) is 6.04 Å². The van der Waals surface area contributed by atoms with Crippen molar-refractivity contribution in [2.24, 2.45) is 0 Å². The van der Waals surface area contributed by atoms with Gasteiger partial charge in [-0.25, -0.2) is 9.59 Å². The van der Waals surface area contributed by atoms with Gasteiger partial charge in [0, 0.05) is 19.6 Å². The molecule has 112 valence electrons. The van der Waals surface area contributed by atoms with E-state index in [1.807, 2.05) is 6.92 Å². The number of aliphatic carboxylic acids is 1. The van der Waals surface area contributed by atoms with E-state index < -0.39 is 24.1 Å². The monoisotopic (exact) mass is 285 g/mol. The number of hydrogen-bond donors (Lipinski definition) is 2. The smallest absolute Gasteiger partial charge is 0.328 e. The number of piperazine rings is 1. The van der Waals surface area contributed by atoms with Gasteiger partial charge in [0.1, 0.15) is 6.04 Å². The molecule has 2 rings (SSSR count). The summed E-state index contributed by atoms with van der Waals surface area (Å²) in [5.41, 5.74) is 0. The Morgan fingerprint density at radius 3 is 2.80 bits per heavy atom. The molecule has 8 nitrogen and oxygen atoms in total. The molecule has 0 aromatic rings. The van der Waals surface area contributed by atoms with Crippen LogP contribution in [-0.4, -0.2) is 77.7 Å². The maximum absolute atomic E-state index is 12.5. The molecule has 0 bridgehead atoms. The summed E-state index contributed by atoms with van der Waals surface area (Å²) in [4.78, 5) is 38.2. The van der Waals surface area contributed by atoms with Crippen molar-refractivity contribution in [3.8, 4) is 0 Å². The van der Waals surface area contributed by atoms with Gasteiger partial charge in [-0.1, -0.05) is 6.92 Å². The molecule has 0 aliphatic carbocycles. The lowest BCUT2D eigenvalue weighted by Gasteiger charge is -2.41. The second-order valence-electron chi connectivity index (χ2n) is 4.81. The number of nitrogens with one attached hydrogen (secondary N) is 1. The van der Waals surface area contributed by atoms with E-state index in [2.05, 4.69) is 5.32 Å². The first-order chi connectivity index (χ1) is 9.56. The third kappa shape index (κ3) is 2.69. The highest BCUT2D eigenvalue weighted by atomic mass is 16.5. The van der Waals surface area contributed by atoms with E-state index in [0.717, 1.165) is 0 Å². The van der Waals surface area contributed by atoms with E-state index >= 15 is 0 Å². The van der Waals surface area contributed by atoms with Crippen LogP contribution in [0.25, 0.3) is 0 Å². The first-order valence-electron chi connectivity index (χ1n) is 6.71. The van der Waals surface area contributed by atoms with Crippen LogP contribution in [0.1, 0.15) is 13.3 Å². The molecular weight excluding hydrogens is 266 g/mol. The molecule has 0 aromatic carbocycles. The fraction of sp³-hybridized carbons (Fsp3) is 0.750. The fourth-order valence-corrected chi connectivity index (χ4v) is 2.55. The number of nitrogens with zero attached hydrogens (tertiary/aromatic N) is 2. The second-order valence-corrected chi connectivity index (χ2v) is 4.81. The zero-order valence-electron chi connectivity index (χ0n) is 11.4. The standard InChI is InChI=1S/C12H19N3O5/c1-2-8-10(16)13-3-4-14(8)12(19)15-5-6-20-7-9(15)11(17)18/h8-9H,2-7H2,1H3,(H,13,16)(H,17,18). The zero-order valence-corrected chi connectivity index (χ0v) is 11.4. The van der Waals surface area contributed by atoms with Crippen LogP contribution in [0.2, 0.25) is 0 Å². The van der Waals surface area contributed by atoms with Crippen LogP contribution in [0, 0.1) is 0 Å². The summed E-state index contributed by atoms with van der Waals surface area (Å²) in [5.74, 6) is -1.28. The summed E-state index contributed by atoms with van der Waals surface area (Å²) in [5, 5.41) is 11.9. The highest BCUT2D eigenvalue weighted by Crippen LogP contribution is 2.16. The van der Waals surface area contributed by atoms with Crippen LogP contribution in [0.15, 0.2) is 0 Å². The van der Waals surface area contributed by atoms with Crippen molar-refractivity contribution >= 4 is 17.9 Å². The van der Waals surface area contributed by atoms with Crippen molar-refractivity contribution in [1.29, 1.82) is 0 Å². The summed E-state index contributed by atoms with van der Waals surface area (Å²) < 4.78 is 5.11. The molecule has 2 atom stereocenters. The number of rotatable bonds is 2. The topological polar surface area (TPSA) is 99.2 Å². The van der Waals surface area contributed by atoms with Crippen molar-refractivity contribution in [2.75, 3.05) is 32.8 Å². The SMILES string of the molecule is CCC1C(=O)NCCN1C(=O)N1CCOCC1C(=O)O. The van der Waals surface area contributed by atoms with E-state index in [-0.39, 0.29) is 19.1 Å². The molecule has 2 heterocycles. The minimum Gasteiger partial charge on any atom is -0.480 e. The average Bonchev–Trinajstić information content (AvgIpc) is 2.46. The number of ether oxygens (including phenoxy) is 1. The van der Waals surface area contributed by atoms with E-state index in [1.165, 1.54) is 9.80 Å². The fourth-order valence-electron chi connectivity index (χ4n) is 2.55. The molecule has 0 saturated carbocycles. The minimum absolute atomic E-state index is 0.0160. The summed E-state index contributed by atoms with van der Waals surface area (Å²) >= 11 is 0. The molecule has 0 radical (unpaired) electrons. The lowest BCUT2D eigenvalue weighted by molar-refractivity contribution is -0.147. The number of urea groups is 1. The molecule has 2 unspecified atom stereocenters. The van der Waals surface area contributed by atoms with Gasteiger partial charge in [-0.15, -0.1) is 0 Å². The van der Waals surface area contributed by atoms with Crippen LogP contribution in [0.3, 0.4) is 0 Å². The summed E-state index contributed by atoms with van der Waals surface area (Å²) in [7, 11) is 0. The number of carbonyl (C=O) groups excluding carboxylic acids is 2. The quantitative estimate of drug-likeness (QED) is 0.685. The maximum atomic E-state index is 12.5. The predicted octanol–water partition coefficient (Wildman–Crippen LogP) is -0.898. The molecule has 2 aliphatic rings. The van der Waals surface area contributed by atoms with Gasteiger partial charge in [0.25, 0.3) is 0 Å². The summed E-state index contributed by atoms with van der Waals surface area (Å²) in [6.45, 7) is 3.13. The van der Waals surface area contributed by atoms with Crippen LogP contribution in [0.5, 0.6) is 0 Å². The van der Waals surface area contributed by atoms with Crippen molar-refractivity contribution < 1.29 is 24.2 Å². The summed E-state index contributed by atoms with van der Waals surface area (Å²) in [6, 6.07) is -1.92. The average molecular weight is 285 g/mol. The zero-order chi connectivity index (χ0) is 14.7. The Bertz CT molecular complexity index is 404. The van der Waals surface area contributed by atoms with Crippen molar-refractivity contribution in [2.45, 2.75) is 25.4 Å². The van der Waals surface area contributed by atoms with Gasteiger partial charge in [-0.2, -0.15) is 0 Å². The van der Waals surface area contributed by atoms with E-state index in [1.54, 1.807) is 0 Å². The van der Waals surface area contributed by atoms with Crippen LogP contribution in [-0.2, 0) is 14.3 Å². The van der Waals surface area contributed by atoms with Crippen LogP contribution >= 0.6 is 0 Å². The maximum Gasteiger partial charge on any atom is 0.328 e. The number of hydrogen-bond acceptors (Lipinski definition) is 4. The highest BCUT2D eigenvalue weighted by Gasteiger charge is 2.39. The van der Waals surface area contributed by atoms with Gasteiger partial charge in [-0.05, 0) is 6.42 Å². The van der Waals surface area contributed by atoms with Gasteiger partial charge >= 0.3 is 12.0 Å². The Kier molecular flexibility index (Phi) is 4.43. The molecule has 8 heteroatoms. The molecular formula is C12H19N3O5. The van der Waals surface area contributed by atoms with E-state index in [9.17, 15) is 14.4 Å². The molecule has 2 N–H and O–H groups in total. The lowest BCUT2D eigenvalue weighted by atomic mass is 10.1. The van der Waals surface area contributed by atoms with Gasteiger partial charge in [-0.3, -0.25) is 4.79 Å². The molecule has 2 fully saturated rings. The lowest BCUT2D eigenvalue weighted by Crippen LogP contribution is -2.63. The minimum atomic E-state index is -1.09. The molecule has 20 heavy (non-hydrogen) atoms. The van der Waals surface area contributed by atoms with Crippen molar-refractivity contribution in [1.82, 2.24) is 15.1 Å². The number of amides is 3. The Balaban J connectivity index is 2.15. The first-order valence-corrected chi connectivity index (χ1v) is 6.71. The van der Waals surface area contributed by atoms with Crippen molar-refractivity contribution in [3.05, 3.63) is 0 Å². The molecule has 0 aromatic heterocycles. The van der Waals surface area contributed by atoms with E-state index in [0.29, 0.717) is 26.1 Å². The van der Waals surface area contributed by atoms with E-state index in [4.69, 9.17) is 9.84 Å². The third-order valence-electron chi connectivity index (χ3n) is 3.62. The first kappa shape index (κ1) is 14.6. The predicted molar refractivity (Wildman–Crippen MR) is 68.1 cm³/mol. The number of carboxylic acids is 1. The number of carbonyl (C=O) groups is 3. The largest absolute Gasteiger partial charge is 0.480 e. The summed E-state index contributed by atoms with van der Waals surface area (Å²) in [6.07, 6.45) is 0.500. The van der Waals surface area contributed by atoms with Crippen molar-refractivity contribution in [3.63, 3.8) is 0 Å². The number of carboxylic acid groups (broad SMARTS) is 1. The molecule has 0 spiro atoms. The highest BCUT2D eigenvalue weighted by molar-refractivity contribution is 5.90. The Morgan fingerprint density at radius 2 is 2.15 bits per heavy atom. The molecule has 3 amide bonds. The normalized spacial score (nSPS) is 27.1. The van der Waals surface area contributed by atoms with Crippen LogP contribution in [0.4, 0.5) is 4.79 Å². The molecule has 2 saturated heterocycles. The molecule has 2 aliphatic heterocycles. The Labute approximate surface area is 116 Å². The van der Waals surface area contributed by atoms with Gasteiger partial charge in [0.2, 0.25) is 5.91 Å². The van der Waals surface area contributed by atoms with Gasteiger partial charge < -0.3 is 25.0 Å². The number of morpholine rings is 1.